The number of benzene rings is 1. The van der Waals surface area contributed by atoms with Crippen LogP contribution in [0, 0.1) is 5.92 Å². The van der Waals surface area contributed by atoms with Crippen molar-refractivity contribution >= 4 is 5.91 Å². The van der Waals surface area contributed by atoms with Crippen LogP contribution in [0.2, 0.25) is 0 Å². The first kappa shape index (κ1) is 18.2. The molecule has 1 amide bonds. The van der Waals surface area contributed by atoms with Gasteiger partial charge in [0.05, 0.1) is 7.11 Å². The van der Waals surface area contributed by atoms with Gasteiger partial charge in [-0.1, -0.05) is 5.16 Å². The molecule has 1 unspecified atom stereocenters. The van der Waals surface area contributed by atoms with Crippen molar-refractivity contribution in [2.45, 2.75) is 26.3 Å². The van der Waals surface area contributed by atoms with Gasteiger partial charge in [-0.25, -0.2) is 0 Å². The van der Waals surface area contributed by atoms with Crippen LogP contribution in [0.5, 0.6) is 5.75 Å². The van der Waals surface area contributed by atoms with E-state index in [4.69, 9.17) is 9.26 Å². The Hall–Kier alpha value is -3.16. The highest BCUT2D eigenvalue weighted by atomic mass is 16.5. The van der Waals surface area contributed by atoms with Gasteiger partial charge in [0.2, 0.25) is 0 Å². The molecule has 0 bridgehead atoms. The van der Waals surface area contributed by atoms with Gasteiger partial charge in [0, 0.05) is 37.8 Å². The number of hydrogen-bond acceptors (Lipinski definition) is 6. The lowest BCUT2D eigenvalue weighted by atomic mass is 10.1. The molecule has 0 saturated carbocycles. The SMILES string of the molecule is CCn1ccc(C(=O)N2CCC(Cc3noc(-c4ccc(OC)cc4)n3)C2)n1. The van der Waals surface area contributed by atoms with Gasteiger partial charge in [-0.05, 0) is 49.6 Å². The molecule has 1 aliphatic heterocycles. The van der Waals surface area contributed by atoms with E-state index in [9.17, 15) is 4.79 Å². The smallest absolute Gasteiger partial charge is 0.274 e. The van der Waals surface area contributed by atoms with Gasteiger partial charge in [-0.15, -0.1) is 0 Å². The minimum absolute atomic E-state index is 0.0123. The molecule has 146 valence electrons. The number of methoxy groups -OCH3 is 1. The van der Waals surface area contributed by atoms with E-state index in [0.717, 1.165) is 30.8 Å². The van der Waals surface area contributed by atoms with Gasteiger partial charge in [-0.2, -0.15) is 10.1 Å². The molecule has 1 aliphatic rings. The molecular weight excluding hydrogens is 358 g/mol. The fraction of sp³-hybridized carbons (Fsp3) is 0.400. The molecule has 4 rings (SSSR count). The van der Waals surface area contributed by atoms with E-state index < -0.39 is 0 Å². The van der Waals surface area contributed by atoms with Crippen molar-refractivity contribution in [3.8, 4) is 17.2 Å². The number of ether oxygens (including phenoxy) is 1. The van der Waals surface area contributed by atoms with Crippen LogP contribution in [-0.2, 0) is 13.0 Å². The Morgan fingerprint density at radius 3 is 2.82 bits per heavy atom. The monoisotopic (exact) mass is 381 g/mol. The second kappa shape index (κ2) is 7.84. The van der Waals surface area contributed by atoms with Gasteiger partial charge in [0.15, 0.2) is 5.82 Å². The van der Waals surface area contributed by atoms with Crippen molar-refractivity contribution in [2.75, 3.05) is 20.2 Å². The van der Waals surface area contributed by atoms with Crippen LogP contribution in [0.25, 0.3) is 11.5 Å². The number of hydrogen-bond donors (Lipinski definition) is 0. The highest BCUT2D eigenvalue weighted by Crippen LogP contribution is 2.24. The highest BCUT2D eigenvalue weighted by Gasteiger charge is 2.29. The van der Waals surface area contributed by atoms with Crippen molar-refractivity contribution in [3.63, 3.8) is 0 Å². The van der Waals surface area contributed by atoms with Crippen molar-refractivity contribution in [3.05, 3.63) is 48.0 Å². The molecule has 0 aliphatic carbocycles. The zero-order valence-corrected chi connectivity index (χ0v) is 16.0. The standard InChI is InChI=1S/C20H23N5O3/c1-3-25-11-9-17(22-25)20(26)24-10-8-14(13-24)12-18-21-19(28-23-18)15-4-6-16(27-2)7-5-15/h4-7,9,11,14H,3,8,10,12-13H2,1-2H3. The summed E-state index contributed by atoms with van der Waals surface area (Å²) in [6, 6.07) is 9.28. The predicted molar refractivity (Wildman–Crippen MR) is 102 cm³/mol. The van der Waals surface area contributed by atoms with Crippen LogP contribution < -0.4 is 4.74 Å². The van der Waals surface area contributed by atoms with Gasteiger partial charge in [0.1, 0.15) is 11.4 Å². The molecule has 28 heavy (non-hydrogen) atoms. The van der Waals surface area contributed by atoms with Gasteiger partial charge in [-0.3, -0.25) is 9.48 Å². The number of rotatable bonds is 6. The van der Waals surface area contributed by atoms with Crippen LogP contribution in [-0.4, -0.2) is 50.9 Å². The molecule has 1 aromatic carbocycles. The number of aryl methyl sites for hydroxylation is 1. The summed E-state index contributed by atoms with van der Waals surface area (Å²) in [7, 11) is 1.63. The summed E-state index contributed by atoms with van der Waals surface area (Å²) in [5, 5.41) is 8.41. The summed E-state index contributed by atoms with van der Waals surface area (Å²) < 4.78 is 12.3. The van der Waals surface area contributed by atoms with E-state index >= 15 is 0 Å². The highest BCUT2D eigenvalue weighted by molar-refractivity contribution is 5.92. The maximum absolute atomic E-state index is 12.6. The average molecular weight is 381 g/mol. The summed E-state index contributed by atoms with van der Waals surface area (Å²) in [6.45, 7) is 4.17. The Labute approximate surface area is 163 Å². The lowest BCUT2D eigenvalue weighted by molar-refractivity contribution is 0.0780. The summed E-state index contributed by atoms with van der Waals surface area (Å²) in [5.74, 6) is 2.25. The third kappa shape index (κ3) is 3.76. The lowest BCUT2D eigenvalue weighted by Gasteiger charge is -2.14. The zero-order valence-electron chi connectivity index (χ0n) is 16.0. The lowest BCUT2D eigenvalue weighted by Crippen LogP contribution is -2.29. The Kier molecular flexibility index (Phi) is 5.10. The summed E-state index contributed by atoms with van der Waals surface area (Å²) >= 11 is 0. The maximum Gasteiger partial charge on any atom is 0.274 e. The maximum atomic E-state index is 12.6. The molecule has 3 aromatic rings. The third-order valence-electron chi connectivity index (χ3n) is 5.03. The summed E-state index contributed by atoms with van der Waals surface area (Å²) in [4.78, 5) is 19.0. The Balaban J connectivity index is 1.36. The van der Waals surface area contributed by atoms with Crippen molar-refractivity contribution in [1.82, 2.24) is 24.8 Å². The summed E-state index contributed by atoms with van der Waals surface area (Å²) in [6.07, 6.45) is 3.44. The van der Waals surface area contributed by atoms with E-state index in [1.165, 1.54) is 0 Å². The summed E-state index contributed by atoms with van der Waals surface area (Å²) in [5.41, 5.74) is 1.36. The van der Waals surface area contributed by atoms with Gasteiger partial charge < -0.3 is 14.2 Å². The number of amides is 1. The van der Waals surface area contributed by atoms with E-state index in [1.54, 1.807) is 17.9 Å². The van der Waals surface area contributed by atoms with Crippen LogP contribution in [0.4, 0.5) is 0 Å². The molecule has 0 N–H and O–H groups in total. The first-order chi connectivity index (χ1) is 13.7. The average Bonchev–Trinajstić information content (AvgIpc) is 3.48. The molecule has 0 spiro atoms. The van der Waals surface area contributed by atoms with E-state index in [2.05, 4.69) is 15.2 Å². The molecule has 3 heterocycles. The van der Waals surface area contributed by atoms with Crippen LogP contribution in [0.15, 0.2) is 41.1 Å². The molecule has 0 radical (unpaired) electrons. The van der Waals surface area contributed by atoms with Gasteiger partial charge in [0.25, 0.3) is 11.8 Å². The number of carbonyl (C=O) groups is 1. The van der Waals surface area contributed by atoms with Crippen LogP contribution >= 0.6 is 0 Å². The van der Waals surface area contributed by atoms with Crippen LogP contribution in [0.3, 0.4) is 0 Å². The Morgan fingerprint density at radius 1 is 1.29 bits per heavy atom. The number of aromatic nitrogens is 4. The fourth-order valence-electron chi connectivity index (χ4n) is 3.44. The number of nitrogens with zero attached hydrogens (tertiary/aromatic N) is 5. The second-order valence-electron chi connectivity index (χ2n) is 6.91. The largest absolute Gasteiger partial charge is 0.497 e. The predicted octanol–water partition coefficient (Wildman–Crippen LogP) is 2.67. The molecule has 8 heteroatoms. The van der Waals surface area contributed by atoms with E-state index in [-0.39, 0.29) is 5.91 Å². The second-order valence-corrected chi connectivity index (χ2v) is 6.91. The fourth-order valence-corrected chi connectivity index (χ4v) is 3.44. The van der Waals surface area contributed by atoms with E-state index in [0.29, 0.717) is 36.3 Å². The topological polar surface area (TPSA) is 86.3 Å². The first-order valence-corrected chi connectivity index (χ1v) is 9.46. The zero-order chi connectivity index (χ0) is 19.5. The van der Waals surface area contributed by atoms with Gasteiger partial charge >= 0.3 is 0 Å². The molecule has 1 atom stereocenters. The molecule has 1 saturated heterocycles. The minimum atomic E-state index is -0.0123. The van der Waals surface area contributed by atoms with E-state index in [1.807, 2.05) is 42.3 Å². The third-order valence-corrected chi connectivity index (χ3v) is 5.03. The normalized spacial score (nSPS) is 16.5. The number of carbonyl (C=O) groups excluding carboxylic acids is 1. The molecular formula is C20H23N5O3. The molecule has 2 aromatic heterocycles. The number of likely N-dealkylation sites (tertiary alicyclic amines) is 1. The first-order valence-electron chi connectivity index (χ1n) is 9.46. The minimum Gasteiger partial charge on any atom is -0.497 e. The van der Waals surface area contributed by atoms with Crippen molar-refractivity contribution < 1.29 is 14.1 Å². The molecule has 1 fully saturated rings. The Morgan fingerprint density at radius 2 is 2.11 bits per heavy atom. The molecule has 8 nitrogen and oxygen atoms in total. The van der Waals surface area contributed by atoms with Crippen LogP contribution in [0.1, 0.15) is 29.7 Å². The van der Waals surface area contributed by atoms with Crippen molar-refractivity contribution in [1.29, 1.82) is 0 Å². The Bertz CT molecular complexity index is 947. The quantitative estimate of drug-likeness (QED) is 0.652. The van der Waals surface area contributed by atoms with Crippen molar-refractivity contribution in [2.24, 2.45) is 5.92 Å².